The van der Waals surface area contributed by atoms with Gasteiger partial charge >= 0.3 is 6.09 Å². The minimum absolute atomic E-state index is 0.0242. The Bertz CT molecular complexity index is 1230. The van der Waals surface area contributed by atoms with E-state index >= 15 is 0 Å². The van der Waals surface area contributed by atoms with Crippen molar-refractivity contribution in [3.05, 3.63) is 71.2 Å². The molecular weight excluding hydrogens is 399 g/mol. The number of hydrogen-bond acceptors (Lipinski definition) is 5. The summed E-state index contributed by atoms with van der Waals surface area (Å²) in [6.45, 7) is 3.83. The molecule has 0 radical (unpaired) electrons. The number of carbonyl (C=O) groups excluding carboxylic acids is 2. The number of fused-ring (bicyclic) bond motifs is 1. The number of imide groups is 1. The van der Waals surface area contributed by atoms with Crippen molar-refractivity contribution < 1.29 is 23.5 Å². The van der Waals surface area contributed by atoms with Crippen LogP contribution in [0.3, 0.4) is 0 Å². The lowest BCUT2D eigenvalue weighted by Crippen LogP contribution is -2.19. The molecular formula is C24H21FN2O4. The number of rotatable bonds is 5. The monoisotopic (exact) mass is 420 g/mol. The van der Waals surface area contributed by atoms with Gasteiger partial charge in [-0.3, -0.25) is 10.1 Å². The van der Waals surface area contributed by atoms with E-state index in [0.717, 1.165) is 16.5 Å². The summed E-state index contributed by atoms with van der Waals surface area (Å²) in [5.74, 6) is -0.471. The first-order valence-electron chi connectivity index (χ1n) is 9.86. The molecule has 1 fully saturated rings. The largest absolute Gasteiger partial charge is 0.481 e. The van der Waals surface area contributed by atoms with Crippen molar-refractivity contribution in [3.63, 3.8) is 0 Å². The predicted molar refractivity (Wildman–Crippen MR) is 114 cm³/mol. The molecule has 0 spiro atoms. The van der Waals surface area contributed by atoms with E-state index in [1.807, 2.05) is 44.2 Å². The number of allylic oxidation sites excluding steroid dienone is 1. The molecule has 4 rings (SSSR count). The second-order valence-corrected chi connectivity index (χ2v) is 7.57. The highest BCUT2D eigenvalue weighted by Gasteiger charge is 2.31. The van der Waals surface area contributed by atoms with Crippen LogP contribution >= 0.6 is 0 Å². The Labute approximate surface area is 178 Å². The number of carbonyl (C=O) groups is 2. The van der Waals surface area contributed by atoms with Crippen molar-refractivity contribution >= 4 is 22.8 Å². The zero-order chi connectivity index (χ0) is 22.1. The Morgan fingerprint density at radius 1 is 1.16 bits per heavy atom. The molecule has 0 aliphatic carbocycles. The van der Waals surface area contributed by atoms with E-state index < -0.39 is 12.0 Å². The molecule has 2 aromatic carbocycles. The highest BCUT2D eigenvalue weighted by Crippen LogP contribution is 2.31. The summed E-state index contributed by atoms with van der Waals surface area (Å²) in [7, 11) is 1.51. The average molecular weight is 420 g/mol. The zero-order valence-corrected chi connectivity index (χ0v) is 17.4. The maximum absolute atomic E-state index is 14.2. The molecule has 0 saturated carbocycles. The lowest BCUT2D eigenvalue weighted by Gasteiger charge is -2.15. The lowest BCUT2D eigenvalue weighted by molar-refractivity contribution is -0.116. The van der Waals surface area contributed by atoms with Crippen molar-refractivity contribution in [2.24, 2.45) is 5.92 Å². The molecule has 3 aromatic rings. The topological polar surface area (TPSA) is 77.5 Å². The van der Waals surface area contributed by atoms with Crippen LogP contribution in [0.2, 0.25) is 0 Å². The Hall–Kier alpha value is -3.74. The minimum Gasteiger partial charge on any atom is -0.481 e. The number of alkyl carbamates (subject to hydrolysis) is 1. The molecule has 158 valence electrons. The fraction of sp³-hybridized carbons (Fsp3) is 0.208. The number of cyclic esters (lactones) is 1. The third-order valence-corrected chi connectivity index (χ3v) is 5.24. The molecule has 0 atom stereocenters. The smallest absolute Gasteiger partial charge is 0.419 e. The number of benzene rings is 2. The number of aromatic nitrogens is 1. The van der Waals surface area contributed by atoms with E-state index in [1.54, 1.807) is 12.1 Å². The summed E-state index contributed by atoms with van der Waals surface area (Å²) >= 11 is 0. The van der Waals surface area contributed by atoms with Crippen molar-refractivity contribution in [1.29, 1.82) is 0 Å². The average Bonchev–Trinajstić information content (AvgIpc) is 3.09. The van der Waals surface area contributed by atoms with E-state index in [0.29, 0.717) is 29.0 Å². The van der Waals surface area contributed by atoms with Gasteiger partial charge < -0.3 is 9.47 Å². The molecule has 1 aliphatic rings. The number of pyridine rings is 1. The summed E-state index contributed by atoms with van der Waals surface area (Å²) in [6, 6.07) is 14.1. The summed E-state index contributed by atoms with van der Waals surface area (Å²) in [5, 5.41) is 3.46. The predicted octanol–water partition coefficient (Wildman–Crippen LogP) is 4.77. The van der Waals surface area contributed by atoms with Gasteiger partial charge in [-0.25, -0.2) is 14.2 Å². The van der Waals surface area contributed by atoms with Crippen molar-refractivity contribution in [3.8, 4) is 17.1 Å². The van der Waals surface area contributed by atoms with Gasteiger partial charge in [0.05, 0.1) is 12.8 Å². The van der Waals surface area contributed by atoms with Crippen LogP contribution < -0.4 is 10.1 Å². The van der Waals surface area contributed by atoms with Gasteiger partial charge in [0, 0.05) is 22.9 Å². The number of halogens is 1. The molecule has 2 heterocycles. The SMILES string of the molecule is COc1nc(-c2ccc3cccc(F)c3c2)ccc1C/C(=C1\OC(=O)NC1=O)C(C)C. The van der Waals surface area contributed by atoms with E-state index in [2.05, 4.69) is 10.3 Å². The van der Waals surface area contributed by atoms with Gasteiger partial charge in [-0.05, 0) is 35.1 Å². The molecule has 2 amide bonds. The first-order valence-corrected chi connectivity index (χ1v) is 9.86. The Morgan fingerprint density at radius 2 is 1.97 bits per heavy atom. The first-order chi connectivity index (χ1) is 14.9. The van der Waals surface area contributed by atoms with Crippen LogP contribution in [0.1, 0.15) is 19.4 Å². The van der Waals surface area contributed by atoms with Gasteiger partial charge in [0.25, 0.3) is 5.91 Å². The van der Waals surface area contributed by atoms with Gasteiger partial charge in [-0.15, -0.1) is 0 Å². The maximum Gasteiger partial charge on any atom is 0.419 e. The summed E-state index contributed by atoms with van der Waals surface area (Å²) in [5.41, 5.74) is 2.80. The molecule has 6 nitrogen and oxygen atoms in total. The number of methoxy groups -OCH3 is 1. The molecule has 31 heavy (non-hydrogen) atoms. The van der Waals surface area contributed by atoms with Gasteiger partial charge in [0.1, 0.15) is 5.82 Å². The Kier molecular flexibility index (Phi) is 5.42. The minimum atomic E-state index is -0.776. The number of ether oxygens (including phenoxy) is 2. The highest BCUT2D eigenvalue weighted by molar-refractivity contribution is 6.07. The van der Waals surface area contributed by atoms with Crippen LogP contribution in [0.15, 0.2) is 59.9 Å². The Balaban J connectivity index is 1.72. The number of nitrogens with zero attached hydrogens (tertiary/aromatic N) is 1. The molecule has 0 unspecified atom stereocenters. The molecule has 1 aliphatic heterocycles. The van der Waals surface area contributed by atoms with Gasteiger partial charge in [0.15, 0.2) is 5.76 Å². The number of amides is 2. The molecule has 0 bridgehead atoms. The van der Waals surface area contributed by atoms with E-state index in [4.69, 9.17) is 9.47 Å². The fourth-order valence-corrected chi connectivity index (χ4v) is 3.61. The van der Waals surface area contributed by atoms with Gasteiger partial charge in [-0.1, -0.05) is 44.2 Å². The first kappa shape index (κ1) is 20.5. The van der Waals surface area contributed by atoms with Crippen molar-refractivity contribution in [1.82, 2.24) is 10.3 Å². The third-order valence-electron chi connectivity index (χ3n) is 5.24. The second-order valence-electron chi connectivity index (χ2n) is 7.57. The second kappa shape index (κ2) is 8.18. The normalized spacial score (nSPS) is 15.3. The van der Waals surface area contributed by atoms with Crippen LogP contribution in [0.5, 0.6) is 5.88 Å². The molecule has 1 saturated heterocycles. The zero-order valence-electron chi connectivity index (χ0n) is 17.4. The molecule has 1 N–H and O–H groups in total. The Morgan fingerprint density at radius 3 is 2.65 bits per heavy atom. The molecule has 7 heteroatoms. The maximum atomic E-state index is 14.2. The van der Waals surface area contributed by atoms with Crippen molar-refractivity contribution in [2.45, 2.75) is 20.3 Å². The summed E-state index contributed by atoms with van der Waals surface area (Å²) < 4.78 is 24.8. The van der Waals surface area contributed by atoms with Crippen molar-refractivity contribution in [2.75, 3.05) is 7.11 Å². The lowest BCUT2D eigenvalue weighted by atomic mass is 9.94. The summed E-state index contributed by atoms with van der Waals surface area (Å²) in [6.07, 6.45) is -0.446. The van der Waals surface area contributed by atoms with Gasteiger partial charge in [0.2, 0.25) is 5.88 Å². The van der Waals surface area contributed by atoms with Crippen LogP contribution in [-0.2, 0) is 16.0 Å². The van der Waals surface area contributed by atoms with Crippen LogP contribution in [0.25, 0.3) is 22.0 Å². The van der Waals surface area contributed by atoms with Gasteiger partial charge in [-0.2, -0.15) is 0 Å². The quantitative estimate of drug-likeness (QED) is 0.602. The third kappa shape index (κ3) is 3.99. The number of nitrogens with one attached hydrogen (secondary N) is 1. The highest BCUT2D eigenvalue weighted by atomic mass is 19.1. The van der Waals surface area contributed by atoms with Crippen LogP contribution in [0.4, 0.5) is 9.18 Å². The van der Waals surface area contributed by atoms with Crippen LogP contribution in [-0.4, -0.2) is 24.1 Å². The summed E-state index contributed by atoms with van der Waals surface area (Å²) in [4.78, 5) is 28.1. The standard InChI is InChI=1S/C24H21FN2O4/c1-13(2)17(21-22(28)27-24(29)31-21)12-16-9-10-20(26-23(16)30-3)15-8-7-14-5-4-6-19(25)18(14)11-15/h4-11,13H,12H2,1-3H3,(H,27,28,29)/b21-17+. The van der Waals surface area contributed by atoms with Crippen LogP contribution in [0, 0.1) is 11.7 Å². The fourth-order valence-electron chi connectivity index (χ4n) is 3.61. The molecule has 1 aromatic heterocycles. The van der Waals surface area contributed by atoms with E-state index in [9.17, 15) is 14.0 Å². The number of hydrogen-bond donors (Lipinski definition) is 1. The van der Waals surface area contributed by atoms with E-state index in [1.165, 1.54) is 13.2 Å². The van der Waals surface area contributed by atoms with E-state index in [-0.39, 0.29) is 17.5 Å².